The van der Waals surface area contributed by atoms with E-state index in [1.807, 2.05) is 0 Å². The highest BCUT2D eigenvalue weighted by Gasteiger charge is 2.28. The van der Waals surface area contributed by atoms with Crippen molar-refractivity contribution in [1.82, 2.24) is 15.1 Å². The van der Waals surface area contributed by atoms with E-state index in [1.54, 1.807) is 24.3 Å². The zero-order chi connectivity index (χ0) is 17.3. The average molecular weight is 329 g/mol. The number of nitrogens with zero attached hydrogens (tertiary/aromatic N) is 1. The van der Waals surface area contributed by atoms with Crippen LogP contribution in [-0.2, 0) is 11.3 Å². The fourth-order valence-electron chi connectivity index (χ4n) is 3.54. The summed E-state index contributed by atoms with van der Waals surface area (Å²) in [4.78, 5) is 36.8. The molecule has 0 saturated heterocycles. The van der Waals surface area contributed by atoms with E-state index in [0.29, 0.717) is 22.6 Å². The van der Waals surface area contributed by atoms with E-state index in [2.05, 4.69) is 24.3 Å². The molecule has 1 aromatic heterocycles. The molecule has 0 spiro atoms. The molecule has 3 rings (SSSR count). The number of aromatic nitrogens is 2. The van der Waals surface area contributed by atoms with Crippen LogP contribution in [0.4, 0.5) is 0 Å². The van der Waals surface area contributed by atoms with Crippen LogP contribution in [-0.4, -0.2) is 21.7 Å². The fourth-order valence-corrected chi connectivity index (χ4v) is 3.54. The van der Waals surface area contributed by atoms with Crippen LogP contribution < -0.4 is 16.4 Å². The number of hydrogen-bond acceptors (Lipinski definition) is 3. The normalized spacial score (nSPS) is 24.0. The molecule has 1 fully saturated rings. The van der Waals surface area contributed by atoms with Crippen molar-refractivity contribution in [3.05, 3.63) is 45.0 Å². The van der Waals surface area contributed by atoms with Crippen LogP contribution in [0.25, 0.3) is 10.8 Å². The number of fused-ring (bicyclic) bond motifs is 1. The van der Waals surface area contributed by atoms with Gasteiger partial charge in [-0.15, -0.1) is 0 Å². The third-order valence-corrected chi connectivity index (χ3v) is 5.24. The van der Waals surface area contributed by atoms with E-state index < -0.39 is 0 Å². The van der Waals surface area contributed by atoms with Gasteiger partial charge in [0, 0.05) is 6.04 Å². The van der Waals surface area contributed by atoms with Crippen LogP contribution in [0.2, 0.25) is 0 Å². The predicted octanol–water partition coefficient (Wildman–Crippen LogP) is 1.63. The van der Waals surface area contributed by atoms with E-state index in [9.17, 15) is 14.4 Å². The maximum absolute atomic E-state index is 12.4. The molecule has 0 bridgehead atoms. The van der Waals surface area contributed by atoms with Crippen LogP contribution in [0, 0.1) is 11.8 Å². The summed E-state index contributed by atoms with van der Waals surface area (Å²) in [5.74, 6) is 0.747. The molecular weight excluding hydrogens is 306 g/mol. The molecule has 1 saturated carbocycles. The van der Waals surface area contributed by atoms with Crippen molar-refractivity contribution in [2.75, 3.05) is 0 Å². The van der Waals surface area contributed by atoms with Crippen LogP contribution in [0.15, 0.2) is 33.9 Å². The van der Waals surface area contributed by atoms with Gasteiger partial charge in [0.1, 0.15) is 6.54 Å². The molecule has 1 aromatic carbocycles. The highest BCUT2D eigenvalue weighted by Crippen LogP contribution is 2.29. The Labute approximate surface area is 139 Å². The summed E-state index contributed by atoms with van der Waals surface area (Å²) in [6.45, 7) is 4.18. The number of aromatic amines is 1. The molecular formula is C18H23N3O3. The van der Waals surface area contributed by atoms with Crippen molar-refractivity contribution in [3.63, 3.8) is 0 Å². The molecule has 3 unspecified atom stereocenters. The zero-order valence-electron chi connectivity index (χ0n) is 14.0. The van der Waals surface area contributed by atoms with Gasteiger partial charge < -0.3 is 5.32 Å². The Balaban J connectivity index is 1.80. The maximum atomic E-state index is 12.4. The van der Waals surface area contributed by atoms with Gasteiger partial charge in [-0.2, -0.15) is 0 Å². The molecule has 3 atom stereocenters. The minimum Gasteiger partial charge on any atom is -0.351 e. The van der Waals surface area contributed by atoms with Crippen molar-refractivity contribution in [2.45, 2.75) is 45.7 Å². The Bertz CT molecular complexity index is 868. The number of carbonyl (C=O) groups is 1. The second kappa shape index (κ2) is 6.63. The van der Waals surface area contributed by atoms with Crippen molar-refractivity contribution in [1.29, 1.82) is 0 Å². The van der Waals surface area contributed by atoms with Gasteiger partial charge in [0.25, 0.3) is 11.1 Å². The van der Waals surface area contributed by atoms with Gasteiger partial charge in [-0.05, 0) is 30.4 Å². The third kappa shape index (κ3) is 3.13. The van der Waals surface area contributed by atoms with Gasteiger partial charge in [0.05, 0.1) is 10.8 Å². The maximum Gasteiger partial charge on any atom is 0.273 e. The summed E-state index contributed by atoms with van der Waals surface area (Å²) in [5, 5.41) is 6.19. The molecule has 1 heterocycles. The minimum atomic E-state index is -0.363. The second-order valence-electron chi connectivity index (χ2n) is 6.82. The Morgan fingerprint density at radius 1 is 1.21 bits per heavy atom. The summed E-state index contributed by atoms with van der Waals surface area (Å²) in [7, 11) is 0. The molecule has 6 nitrogen and oxygen atoms in total. The first-order valence-corrected chi connectivity index (χ1v) is 8.48. The van der Waals surface area contributed by atoms with Gasteiger partial charge in [-0.3, -0.25) is 19.5 Å². The van der Waals surface area contributed by atoms with Crippen molar-refractivity contribution in [2.24, 2.45) is 11.8 Å². The van der Waals surface area contributed by atoms with Crippen LogP contribution in [0.3, 0.4) is 0 Å². The SMILES string of the molecule is CC1CCCC(NC(=O)Cn2[nH]c(=O)c3ccccc3c2=O)C1C. The van der Waals surface area contributed by atoms with Gasteiger partial charge in [0.2, 0.25) is 5.91 Å². The summed E-state index contributed by atoms with van der Waals surface area (Å²) >= 11 is 0. The number of nitrogens with one attached hydrogen (secondary N) is 2. The average Bonchev–Trinajstić information content (AvgIpc) is 2.57. The number of carbonyl (C=O) groups excluding carboxylic acids is 1. The number of hydrogen-bond donors (Lipinski definition) is 2. The summed E-state index contributed by atoms with van der Waals surface area (Å²) in [6, 6.07) is 6.75. The van der Waals surface area contributed by atoms with Crippen LogP contribution >= 0.6 is 0 Å². The third-order valence-electron chi connectivity index (χ3n) is 5.24. The summed E-state index contributed by atoms with van der Waals surface area (Å²) in [6.07, 6.45) is 3.24. The summed E-state index contributed by atoms with van der Waals surface area (Å²) in [5.41, 5.74) is -0.719. The molecule has 24 heavy (non-hydrogen) atoms. The highest BCUT2D eigenvalue weighted by atomic mass is 16.2. The molecule has 2 aromatic rings. The van der Waals surface area contributed by atoms with Gasteiger partial charge in [-0.25, -0.2) is 4.68 Å². The quantitative estimate of drug-likeness (QED) is 0.898. The lowest BCUT2D eigenvalue weighted by atomic mass is 9.78. The first kappa shape index (κ1) is 16.5. The van der Waals surface area contributed by atoms with Crippen LogP contribution in [0.1, 0.15) is 33.1 Å². The van der Waals surface area contributed by atoms with Gasteiger partial charge in [0.15, 0.2) is 0 Å². The van der Waals surface area contributed by atoms with E-state index in [0.717, 1.165) is 17.5 Å². The Hall–Kier alpha value is -2.37. The number of amides is 1. The molecule has 1 aliphatic carbocycles. The van der Waals surface area contributed by atoms with E-state index in [-0.39, 0.29) is 29.6 Å². The molecule has 1 aliphatic rings. The van der Waals surface area contributed by atoms with Crippen LogP contribution in [0.5, 0.6) is 0 Å². The lowest BCUT2D eigenvalue weighted by Crippen LogP contribution is -2.46. The monoisotopic (exact) mass is 329 g/mol. The Kier molecular flexibility index (Phi) is 4.55. The first-order chi connectivity index (χ1) is 11.5. The number of rotatable bonds is 3. The van der Waals surface area contributed by atoms with E-state index in [4.69, 9.17) is 0 Å². The second-order valence-corrected chi connectivity index (χ2v) is 6.82. The number of benzene rings is 1. The molecule has 2 N–H and O–H groups in total. The smallest absolute Gasteiger partial charge is 0.273 e. The first-order valence-electron chi connectivity index (χ1n) is 8.48. The fraction of sp³-hybridized carbons (Fsp3) is 0.500. The largest absolute Gasteiger partial charge is 0.351 e. The highest BCUT2D eigenvalue weighted by molar-refractivity contribution is 5.81. The summed E-state index contributed by atoms with van der Waals surface area (Å²) < 4.78 is 1.09. The zero-order valence-corrected chi connectivity index (χ0v) is 14.0. The Morgan fingerprint density at radius 2 is 1.92 bits per heavy atom. The molecule has 1 amide bonds. The van der Waals surface area contributed by atoms with Crippen molar-refractivity contribution < 1.29 is 4.79 Å². The van der Waals surface area contributed by atoms with Gasteiger partial charge in [-0.1, -0.05) is 38.8 Å². The molecule has 0 radical (unpaired) electrons. The van der Waals surface area contributed by atoms with E-state index in [1.165, 1.54) is 6.42 Å². The van der Waals surface area contributed by atoms with E-state index >= 15 is 0 Å². The lowest BCUT2D eigenvalue weighted by molar-refractivity contribution is -0.123. The molecule has 128 valence electrons. The lowest BCUT2D eigenvalue weighted by Gasteiger charge is -2.34. The van der Waals surface area contributed by atoms with Crippen molar-refractivity contribution in [3.8, 4) is 0 Å². The van der Waals surface area contributed by atoms with Crippen molar-refractivity contribution >= 4 is 16.7 Å². The standard InChI is InChI=1S/C18H23N3O3/c1-11-6-5-9-15(12(11)2)19-16(22)10-21-18(24)14-8-4-3-7-13(14)17(23)20-21/h3-4,7-8,11-12,15H,5-6,9-10H2,1-2H3,(H,19,22)(H,20,23). The Morgan fingerprint density at radius 3 is 2.67 bits per heavy atom. The predicted molar refractivity (Wildman–Crippen MR) is 92.9 cm³/mol. The number of H-pyrrole nitrogens is 1. The molecule has 0 aliphatic heterocycles. The topological polar surface area (TPSA) is 84.0 Å². The minimum absolute atomic E-state index is 0.129. The molecule has 6 heteroatoms. The van der Waals surface area contributed by atoms with Gasteiger partial charge >= 0.3 is 0 Å².